The highest BCUT2D eigenvalue weighted by atomic mass is 31.0. The van der Waals surface area contributed by atoms with Gasteiger partial charge in [0.25, 0.3) is 5.66 Å². The van der Waals surface area contributed by atoms with E-state index in [-0.39, 0.29) is 22.8 Å². The van der Waals surface area contributed by atoms with Gasteiger partial charge in [0.05, 0.1) is 5.60 Å². The van der Waals surface area contributed by atoms with Gasteiger partial charge in [0.2, 0.25) is 0 Å². The quantitative estimate of drug-likeness (QED) is 0.119. The number of ketones is 1. The first-order valence-electron chi connectivity index (χ1n) is 15.8. The second kappa shape index (κ2) is 20.6. The molecule has 0 spiro atoms. The number of nitrogens with one attached hydrogen (secondary N) is 3. The highest BCUT2D eigenvalue weighted by molar-refractivity contribution is 7.17. The van der Waals surface area contributed by atoms with Gasteiger partial charge < -0.3 is 21.2 Å². The van der Waals surface area contributed by atoms with Gasteiger partial charge in [-0.2, -0.15) is 8.78 Å². The van der Waals surface area contributed by atoms with Crippen molar-refractivity contribution in [3.63, 3.8) is 0 Å². The normalized spacial score (nSPS) is 13.9. The van der Waals surface area contributed by atoms with E-state index in [2.05, 4.69) is 19.0 Å². The average molecular weight is 636 g/mol. The summed E-state index contributed by atoms with van der Waals surface area (Å²) in [6.45, 7) is 23.9. The molecule has 2 aromatic rings. The van der Waals surface area contributed by atoms with E-state index in [0.29, 0.717) is 36.2 Å². The molecule has 0 heterocycles. The molecule has 0 radical (unpaired) electrons. The monoisotopic (exact) mass is 635 g/mol. The van der Waals surface area contributed by atoms with Gasteiger partial charge in [0.1, 0.15) is 0 Å². The van der Waals surface area contributed by atoms with Gasteiger partial charge in [-0.3, -0.25) is 4.79 Å². The summed E-state index contributed by atoms with van der Waals surface area (Å²) in [4.78, 5) is 11.9. The first kappa shape index (κ1) is 43.8. The van der Waals surface area contributed by atoms with E-state index in [0.717, 1.165) is 29.5 Å². The van der Waals surface area contributed by atoms with Gasteiger partial charge in [-0.25, -0.2) is 0 Å². The van der Waals surface area contributed by atoms with Crippen LogP contribution in [0.3, 0.4) is 0 Å². The van der Waals surface area contributed by atoms with E-state index >= 15 is 0 Å². The Morgan fingerprint density at radius 3 is 2.02 bits per heavy atom. The summed E-state index contributed by atoms with van der Waals surface area (Å²) in [7, 11) is 1.59. The largest absolute Gasteiger partial charge is 0.389 e. The molecule has 1 fully saturated rings. The first-order valence-corrected chi connectivity index (χ1v) is 16.4. The summed E-state index contributed by atoms with van der Waals surface area (Å²) in [5.41, 5.74) is 0.517. The van der Waals surface area contributed by atoms with Crippen molar-refractivity contribution in [1.82, 2.24) is 5.32 Å². The summed E-state index contributed by atoms with van der Waals surface area (Å²) in [5, 5.41) is 27.1. The molecule has 8 heteroatoms. The number of aliphatic hydroxyl groups is 1. The smallest absolute Gasteiger partial charge is 0.284 e. The maximum Gasteiger partial charge on any atom is 0.284 e. The van der Waals surface area contributed by atoms with Gasteiger partial charge in [0, 0.05) is 34.8 Å². The molecule has 3 rings (SSSR count). The zero-order chi connectivity index (χ0) is 34.9. The van der Waals surface area contributed by atoms with Crippen LogP contribution in [-0.2, 0) is 18.6 Å². The van der Waals surface area contributed by atoms with Crippen LogP contribution in [-0.4, -0.2) is 34.5 Å². The predicted molar refractivity (Wildman–Crippen MR) is 189 cm³/mol. The van der Waals surface area contributed by atoms with E-state index < -0.39 is 11.3 Å². The number of hydrogen-bond acceptors (Lipinski definition) is 5. The van der Waals surface area contributed by atoms with Crippen molar-refractivity contribution in [2.24, 2.45) is 0 Å². The highest BCUT2D eigenvalue weighted by Crippen LogP contribution is 2.39. The molecule has 5 nitrogen and oxygen atoms in total. The minimum Gasteiger partial charge on any atom is -0.389 e. The molecule has 0 amide bonds. The van der Waals surface area contributed by atoms with Crippen LogP contribution in [0.1, 0.15) is 139 Å². The summed E-state index contributed by atoms with van der Waals surface area (Å²) in [5.74, 6) is -0.374. The Morgan fingerprint density at radius 2 is 1.66 bits per heavy atom. The standard InChI is InChI=1S/C17H24F2NOP.C14H21NO.2C2H6.CH3N/c1-4-13-14(11(2)21)8-12(9-15(13)17(18,19)22)10-20-16(3)6-5-7-16;1-5-12(15)13(14(3,4)16)11-8-6-7-10(2)9-11;3*1-2/h8-9,20H,4-7,10,22H2,1-3H3;6-9,13,15-16H,5H2,1-4H3;2*1-2H3;2H,1H2. The van der Waals surface area contributed by atoms with Crippen LogP contribution in [0.4, 0.5) is 8.78 Å². The molecular weight excluding hydrogens is 575 g/mol. The molecule has 1 aliphatic rings. The fraction of sp³-hybridized carbons (Fsp3) is 0.583. The lowest BCUT2D eigenvalue weighted by atomic mass is 9.78. The van der Waals surface area contributed by atoms with Crippen LogP contribution in [0.15, 0.2) is 36.4 Å². The fourth-order valence-corrected chi connectivity index (χ4v) is 5.37. The zero-order valence-corrected chi connectivity index (χ0v) is 30.3. The van der Waals surface area contributed by atoms with Crippen molar-refractivity contribution < 1.29 is 18.7 Å². The molecule has 2 atom stereocenters. The Hall–Kier alpha value is -2.34. The summed E-state index contributed by atoms with van der Waals surface area (Å²) < 4.78 is 27.8. The number of alkyl halides is 2. The maximum atomic E-state index is 13.9. The fourth-order valence-electron chi connectivity index (χ4n) is 5.11. The molecule has 2 aromatic carbocycles. The minimum absolute atomic E-state index is 0.0525. The number of hydrogen-bond donors (Lipinski definition) is 4. The number of halogens is 2. The number of Topliss-reactive ketones (excluding diaryl/α,β-unsaturated/α-hetero) is 1. The van der Waals surface area contributed by atoms with Crippen LogP contribution in [0.2, 0.25) is 0 Å². The lowest BCUT2D eigenvalue weighted by Crippen LogP contribution is -2.47. The Kier molecular flexibility index (Phi) is 20.5. The van der Waals surface area contributed by atoms with E-state index in [1.807, 2.05) is 65.8 Å². The Morgan fingerprint density at radius 1 is 1.11 bits per heavy atom. The second-order valence-electron chi connectivity index (χ2n) is 11.3. The maximum absolute atomic E-state index is 13.9. The zero-order valence-electron chi connectivity index (χ0n) is 29.2. The van der Waals surface area contributed by atoms with E-state index in [4.69, 9.17) is 10.8 Å². The summed E-state index contributed by atoms with van der Waals surface area (Å²) in [6.07, 6.45) is 4.49. The third-order valence-electron chi connectivity index (χ3n) is 7.39. The molecule has 44 heavy (non-hydrogen) atoms. The molecule has 250 valence electrons. The van der Waals surface area contributed by atoms with E-state index in [1.54, 1.807) is 36.1 Å². The predicted octanol–water partition coefficient (Wildman–Crippen LogP) is 10.0. The Bertz CT molecular complexity index is 1150. The number of rotatable bonds is 10. The SMILES string of the molecule is C=N.CC.CC.CCC(=N)C(c1cccc(C)c1)C(C)(C)O.CCc1c(C(C)=O)cc(CNC2(C)CCC2)cc1C(F)(F)P. The van der Waals surface area contributed by atoms with Crippen LogP contribution < -0.4 is 5.32 Å². The van der Waals surface area contributed by atoms with Crippen LogP contribution in [0.5, 0.6) is 0 Å². The molecule has 1 aliphatic carbocycles. The van der Waals surface area contributed by atoms with Crippen LogP contribution >= 0.6 is 9.24 Å². The third kappa shape index (κ3) is 13.7. The molecule has 4 N–H and O–H groups in total. The van der Waals surface area contributed by atoms with Gasteiger partial charge in [-0.05, 0) is 102 Å². The van der Waals surface area contributed by atoms with Crippen molar-refractivity contribution in [2.75, 3.05) is 0 Å². The minimum atomic E-state index is -3.02. The van der Waals surface area contributed by atoms with Crippen molar-refractivity contribution in [1.29, 1.82) is 10.8 Å². The summed E-state index contributed by atoms with van der Waals surface area (Å²) >= 11 is 0. The molecule has 2 unspecified atom stereocenters. The van der Waals surface area contributed by atoms with Crippen molar-refractivity contribution in [3.8, 4) is 0 Å². The number of carbonyl (C=O) groups is 1. The molecule has 1 saturated carbocycles. The van der Waals surface area contributed by atoms with Crippen molar-refractivity contribution in [3.05, 3.63) is 69.8 Å². The second-order valence-corrected chi connectivity index (χ2v) is 12.1. The molecular formula is C36H60F2N3O2P. The first-order chi connectivity index (χ1) is 20.5. The summed E-state index contributed by atoms with van der Waals surface area (Å²) in [6, 6.07) is 11.3. The van der Waals surface area contributed by atoms with Gasteiger partial charge in [0.15, 0.2) is 5.78 Å². The topological polar surface area (TPSA) is 97.0 Å². The van der Waals surface area contributed by atoms with E-state index in [1.165, 1.54) is 19.4 Å². The Labute approximate surface area is 269 Å². The van der Waals surface area contributed by atoms with Crippen LogP contribution in [0, 0.1) is 17.7 Å². The number of aryl methyl sites for hydroxylation is 1. The lowest BCUT2D eigenvalue weighted by molar-refractivity contribution is 0.0702. The third-order valence-corrected chi connectivity index (χ3v) is 7.70. The highest BCUT2D eigenvalue weighted by Gasteiger charge is 2.33. The molecule has 0 aliphatic heterocycles. The van der Waals surface area contributed by atoms with Gasteiger partial charge in [-0.15, -0.1) is 0 Å². The Balaban J connectivity index is 0. The van der Waals surface area contributed by atoms with Gasteiger partial charge >= 0.3 is 0 Å². The molecule has 0 bridgehead atoms. The van der Waals surface area contributed by atoms with Gasteiger partial charge in [-0.1, -0.05) is 80.6 Å². The van der Waals surface area contributed by atoms with Crippen LogP contribution in [0.25, 0.3) is 0 Å². The lowest BCUT2D eigenvalue weighted by Gasteiger charge is -2.39. The molecule has 0 saturated heterocycles. The number of carbonyl (C=O) groups excluding carboxylic acids is 1. The van der Waals surface area contributed by atoms with Crippen molar-refractivity contribution >= 4 is 27.5 Å². The molecule has 0 aromatic heterocycles. The van der Waals surface area contributed by atoms with E-state index in [9.17, 15) is 18.7 Å². The van der Waals surface area contributed by atoms with Crippen molar-refractivity contribution in [2.45, 2.75) is 138 Å². The number of benzene rings is 2. The average Bonchev–Trinajstić information content (AvgIpc) is 2.96.